The molecule has 7 nitrogen and oxygen atoms in total. The minimum atomic E-state index is -3.79. The van der Waals surface area contributed by atoms with E-state index >= 15 is 0 Å². The predicted molar refractivity (Wildman–Crippen MR) is 106 cm³/mol. The lowest BCUT2D eigenvalue weighted by Crippen LogP contribution is -2.23. The monoisotopic (exact) mass is 403 g/mol. The van der Waals surface area contributed by atoms with Crippen LogP contribution in [0.3, 0.4) is 0 Å². The zero-order valence-corrected chi connectivity index (χ0v) is 16.1. The molecule has 3 aromatic rings. The number of sulfonamides is 1. The van der Waals surface area contributed by atoms with Crippen LogP contribution in [0.4, 0.5) is 11.4 Å². The number of nitrogens with one attached hydrogen (secondary N) is 1. The summed E-state index contributed by atoms with van der Waals surface area (Å²) in [6.45, 7) is 0.684. The van der Waals surface area contributed by atoms with Crippen LogP contribution >= 0.6 is 11.3 Å². The highest BCUT2D eigenvalue weighted by Gasteiger charge is 2.22. The molecule has 1 amide bonds. The van der Waals surface area contributed by atoms with Gasteiger partial charge in [0.2, 0.25) is 5.91 Å². The number of fused-ring (bicyclic) bond motifs is 1. The van der Waals surface area contributed by atoms with E-state index in [4.69, 9.17) is 0 Å². The van der Waals surface area contributed by atoms with Crippen LogP contribution in [0.25, 0.3) is 10.2 Å². The van der Waals surface area contributed by atoms with Crippen LogP contribution < -0.4 is 14.5 Å². The molecule has 2 aromatic carbocycles. The molecule has 0 bridgehead atoms. The van der Waals surface area contributed by atoms with E-state index < -0.39 is 10.0 Å². The van der Waals surface area contributed by atoms with Gasteiger partial charge in [0.05, 0.1) is 15.1 Å². The standard InChI is InChI=1S/C18H17N3O4S2/c1-20-15-9-8-14(11-16(15)26-18(20)23)27(24,25)19-12-4-6-13(7-5-12)21-10-2-3-17(21)22/h4-9,11,19H,2-3,10H2,1H3. The van der Waals surface area contributed by atoms with E-state index in [0.717, 1.165) is 23.4 Å². The Morgan fingerprint density at radius 1 is 1.07 bits per heavy atom. The number of aromatic nitrogens is 1. The van der Waals surface area contributed by atoms with Gasteiger partial charge < -0.3 is 9.47 Å². The largest absolute Gasteiger partial charge is 0.312 e. The maximum absolute atomic E-state index is 12.7. The zero-order valence-electron chi connectivity index (χ0n) is 14.5. The number of hydrogen-bond donors (Lipinski definition) is 1. The number of hydrogen-bond acceptors (Lipinski definition) is 5. The molecule has 9 heteroatoms. The number of amides is 1. The maximum Gasteiger partial charge on any atom is 0.307 e. The molecule has 1 aliphatic rings. The summed E-state index contributed by atoms with van der Waals surface area (Å²) in [5.74, 6) is 0.0819. The number of rotatable bonds is 4. The van der Waals surface area contributed by atoms with E-state index in [2.05, 4.69) is 4.72 Å². The number of aryl methyl sites for hydroxylation is 1. The molecule has 0 aliphatic carbocycles. The Kier molecular flexibility index (Phi) is 4.27. The van der Waals surface area contributed by atoms with Gasteiger partial charge in [-0.1, -0.05) is 11.3 Å². The summed E-state index contributed by atoms with van der Waals surface area (Å²) < 4.78 is 30.0. The maximum atomic E-state index is 12.7. The minimum Gasteiger partial charge on any atom is -0.312 e. The molecule has 0 radical (unpaired) electrons. The van der Waals surface area contributed by atoms with Crippen molar-refractivity contribution in [3.05, 3.63) is 52.1 Å². The van der Waals surface area contributed by atoms with Crippen LogP contribution in [0, 0.1) is 0 Å². The van der Waals surface area contributed by atoms with Gasteiger partial charge >= 0.3 is 4.87 Å². The Morgan fingerprint density at radius 2 is 1.81 bits per heavy atom. The Hall–Kier alpha value is -2.65. The van der Waals surface area contributed by atoms with Crippen molar-refractivity contribution < 1.29 is 13.2 Å². The van der Waals surface area contributed by atoms with Crippen molar-refractivity contribution in [3.8, 4) is 0 Å². The van der Waals surface area contributed by atoms with E-state index in [1.54, 1.807) is 42.3 Å². The van der Waals surface area contributed by atoms with Crippen LogP contribution in [0.2, 0.25) is 0 Å². The third-order valence-electron chi connectivity index (χ3n) is 4.58. The van der Waals surface area contributed by atoms with Crippen molar-refractivity contribution in [3.63, 3.8) is 0 Å². The lowest BCUT2D eigenvalue weighted by Gasteiger charge is -2.16. The molecule has 1 aliphatic heterocycles. The Bertz CT molecular complexity index is 1190. The number of nitrogens with zero attached hydrogens (tertiary/aromatic N) is 2. The van der Waals surface area contributed by atoms with E-state index in [1.807, 2.05) is 0 Å². The molecule has 2 heterocycles. The summed E-state index contributed by atoms with van der Waals surface area (Å²) in [6, 6.07) is 11.3. The Balaban J connectivity index is 1.59. The van der Waals surface area contributed by atoms with Gasteiger partial charge in [0.1, 0.15) is 0 Å². The summed E-state index contributed by atoms with van der Waals surface area (Å²) in [7, 11) is -2.13. The topological polar surface area (TPSA) is 88.5 Å². The normalized spacial score (nSPS) is 14.9. The van der Waals surface area contributed by atoms with Gasteiger partial charge in [-0.2, -0.15) is 0 Å². The Labute approximate surface area is 159 Å². The second kappa shape index (κ2) is 6.50. The van der Waals surface area contributed by atoms with Gasteiger partial charge in [-0.05, 0) is 48.9 Å². The number of thiazole rings is 1. The quantitative estimate of drug-likeness (QED) is 0.725. The zero-order chi connectivity index (χ0) is 19.2. The van der Waals surface area contributed by atoms with Gasteiger partial charge in [0.15, 0.2) is 0 Å². The van der Waals surface area contributed by atoms with Crippen molar-refractivity contribution in [1.29, 1.82) is 0 Å². The molecule has 4 rings (SSSR count). The molecule has 1 fully saturated rings. The van der Waals surface area contributed by atoms with Crippen molar-refractivity contribution in [2.75, 3.05) is 16.2 Å². The second-order valence-corrected chi connectivity index (χ2v) is 9.03. The molecular weight excluding hydrogens is 386 g/mol. The molecular formula is C18H17N3O4S2. The lowest BCUT2D eigenvalue weighted by molar-refractivity contribution is -0.117. The predicted octanol–water partition coefficient (Wildman–Crippen LogP) is 2.53. The summed E-state index contributed by atoms with van der Waals surface area (Å²) in [5, 5.41) is 0. The molecule has 0 spiro atoms. The summed E-state index contributed by atoms with van der Waals surface area (Å²) in [6.07, 6.45) is 1.38. The first kappa shape index (κ1) is 17.7. The molecule has 1 saturated heterocycles. The summed E-state index contributed by atoms with van der Waals surface area (Å²) in [4.78, 5) is 25.2. The third-order valence-corrected chi connectivity index (χ3v) is 6.95. The van der Waals surface area contributed by atoms with E-state index in [-0.39, 0.29) is 15.7 Å². The Morgan fingerprint density at radius 3 is 2.48 bits per heavy atom. The van der Waals surface area contributed by atoms with Crippen molar-refractivity contribution in [2.45, 2.75) is 17.7 Å². The summed E-state index contributed by atoms with van der Waals surface area (Å²) in [5.41, 5.74) is 1.87. The second-order valence-electron chi connectivity index (χ2n) is 6.36. The first-order chi connectivity index (χ1) is 12.8. The van der Waals surface area contributed by atoms with Crippen LogP contribution in [-0.2, 0) is 21.9 Å². The fourth-order valence-corrected chi connectivity index (χ4v) is 5.20. The number of anilines is 2. The fourth-order valence-electron chi connectivity index (χ4n) is 3.13. The minimum absolute atomic E-state index is 0.0819. The molecule has 0 unspecified atom stereocenters. The average molecular weight is 403 g/mol. The third kappa shape index (κ3) is 3.24. The van der Waals surface area contributed by atoms with E-state index in [9.17, 15) is 18.0 Å². The molecule has 140 valence electrons. The van der Waals surface area contributed by atoms with E-state index in [1.165, 1.54) is 16.7 Å². The van der Waals surface area contributed by atoms with Crippen LogP contribution in [0.5, 0.6) is 0 Å². The molecule has 1 aromatic heterocycles. The molecule has 27 heavy (non-hydrogen) atoms. The number of benzene rings is 2. The fraction of sp³-hybridized carbons (Fsp3) is 0.222. The molecule has 0 atom stereocenters. The van der Waals surface area contributed by atoms with Crippen LogP contribution in [0.15, 0.2) is 52.2 Å². The average Bonchev–Trinajstić information content (AvgIpc) is 3.18. The molecule has 0 saturated carbocycles. The van der Waals surface area contributed by atoms with Crippen LogP contribution in [-0.4, -0.2) is 25.4 Å². The lowest BCUT2D eigenvalue weighted by atomic mass is 10.2. The van der Waals surface area contributed by atoms with Gasteiger partial charge in [0, 0.05) is 31.4 Å². The van der Waals surface area contributed by atoms with Gasteiger partial charge in [-0.15, -0.1) is 0 Å². The van der Waals surface area contributed by atoms with E-state index in [0.29, 0.717) is 28.9 Å². The highest BCUT2D eigenvalue weighted by molar-refractivity contribution is 7.92. The first-order valence-electron chi connectivity index (χ1n) is 8.38. The van der Waals surface area contributed by atoms with Gasteiger partial charge in [-0.25, -0.2) is 8.42 Å². The number of carbonyl (C=O) groups excluding carboxylic acids is 1. The van der Waals surface area contributed by atoms with Gasteiger partial charge in [0.25, 0.3) is 10.0 Å². The highest BCUT2D eigenvalue weighted by Crippen LogP contribution is 2.26. The number of carbonyl (C=O) groups is 1. The highest BCUT2D eigenvalue weighted by atomic mass is 32.2. The smallest absolute Gasteiger partial charge is 0.307 e. The SMILES string of the molecule is Cn1c(=O)sc2cc(S(=O)(=O)Nc3ccc(N4CCCC4=O)cc3)ccc21. The summed E-state index contributed by atoms with van der Waals surface area (Å²) >= 11 is 1.01. The van der Waals surface area contributed by atoms with Crippen LogP contribution in [0.1, 0.15) is 12.8 Å². The van der Waals surface area contributed by atoms with Crippen molar-refractivity contribution in [1.82, 2.24) is 4.57 Å². The van der Waals surface area contributed by atoms with Crippen molar-refractivity contribution in [2.24, 2.45) is 7.05 Å². The van der Waals surface area contributed by atoms with Crippen molar-refractivity contribution >= 4 is 48.9 Å². The molecule has 1 N–H and O–H groups in total. The van der Waals surface area contributed by atoms with Gasteiger partial charge in [-0.3, -0.25) is 14.3 Å². The first-order valence-corrected chi connectivity index (χ1v) is 10.7.